The predicted molar refractivity (Wildman–Crippen MR) is 116 cm³/mol. The van der Waals surface area contributed by atoms with Crippen LogP contribution in [0, 0.1) is 5.41 Å². The topological polar surface area (TPSA) is 198 Å². The van der Waals surface area contributed by atoms with E-state index in [1.807, 2.05) is 24.3 Å². The molecule has 1 aromatic heterocycles. The van der Waals surface area contributed by atoms with Crippen LogP contribution in [0.2, 0.25) is 5.15 Å². The number of nitrogens with two attached hydrogens (primary N) is 3. The average molecular weight is 434 g/mol. The van der Waals surface area contributed by atoms with Crippen LogP contribution in [0.4, 0.5) is 17.3 Å². The second-order valence-corrected chi connectivity index (χ2v) is 6.72. The van der Waals surface area contributed by atoms with Gasteiger partial charge in [0.25, 0.3) is 5.91 Å². The molecule has 0 bridgehead atoms. The van der Waals surface area contributed by atoms with Crippen LogP contribution in [-0.4, -0.2) is 40.8 Å². The number of benzene rings is 1. The number of primary amides is 1. The van der Waals surface area contributed by atoms with E-state index in [2.05, 4.69) is 25.9 Å². The molecule has 0 aliphatic carbocycles. The molecule has 0 aliphatic rings. The second-order valence-electron chi connectivity index (χ2n) is 6.36. The van der Waals surface area contributed by atoms with E-state index in [1.54, 1.807) is 0 Å². The van der Waals surface area contributed by atoms with E-state index in [0.717, 1.165) is 30.5 Å². The Labute approximate surface area is 178 Å². The molecule has 11 nitrogen and oxygen atoms in total. The number of nitrogens with zero attached hydrogens (tertiary/aromatic N) is 2. The van der Waals surface area contributed by atoms with E-state index in [-0.39, 0.29) is 35.0 Å². The van der Waals surface area contributed by atoms with Crippen LogP contribution >= 0.6 is 11.6 Å². The summed E-state index contributed by atoms with van der Waals surface area (Å²) in [5.74, 6) is -1.54. The van der Waals surface area contributed by atoms with Crippen LogP contribution in [0.25, 0.3) is 0 Å². The Morgan fingerprint density at radius 3 is 2.43 bits per heavy atom. The number of hydrogen-bond donors (Lipinski definition) is 7. The van der Waals surface area contributed by atoms with Gasteiger partial charge in [0, 0.05) is 12.2 Å². The molecule has 0 saturated heterocycles. The molecule has 0 radical (unpaired) electrons. The number of nitrogens with one attached hydrogen (secondary N) is 4. The highest BCUT2D eigenvalue weighted by atomic mass is 35.5. The quantitative estimate of drug-likeness (QED) is 0.168. The maximum Gasteiger partial charge on any atom is 0.280 e. The Morgan fingerprint density at radius 1 is 1.07 bits per heavy atom. The summed E-state index contributed by atoms with van der Waals surface area (Å²) in [6.45, 7) is 0.596. The van der Waals surface area contributed by atoms with Crippen LogP contribution in [0.5, 0.6) is 0 Å². The summed E-state index contributed by atoms with van der Waals surface area (Å²) < 4.78 is 0. The highest BCUT2D eigenvalue weighted by Gasteiger charge is 2.16. The summed E-state index contributed by atoms with van der Waals surface area (Å²) in [5, 5.41) is 15.7. The normalized spacial score (nSPS) is 10.3. The van der Waals surface area contributed by atoms with Gasteiger partial charge in [0.1, 0.15) is 0 Å². The lowest BCUT2D eigenvalue weighted by molar-refractivity contribution is -0.116. The van der Waals surface area contributed by atoms with Gasteiger partial charge in [-0.1, -0.05) is 23.7 Å². The molecule has 2 aromatic rings. The number of carbonyl (C=O) groups excluding carboxylic acids is 2. The second kappa shape index (κ2) is 10.8. The van der Waals surface area contributed by atoms with Crippen LogP contribution in [0.15, 0.2) is 24.3 Å². The Morgan fingerprint density at radius 2 is 1.77 bits per heavy atom. The number of aryl methyl sites for hydroxylation is 1. The fourth-order valence-electron chi connectivity index (χ4n) is 2.47. The number of unbranched alkanes of at least 4 members (excludes halogenated alkanes) is 1. The fourth-order valence-corrected chi connectivity index (χ4v) is 2.60. The number of aromatic nitrogens is 2. The van der Waals surface area contributed by atoms with E-state index in [9.17, 15) is 9.59 Å². The first-order chi connectivity index (χ1) is 14.3. The number of hydrogen-bond acceptors (Lipinski definition) is 8. The first kappa shape index (κ1) is 22.7. The van der Waals surface area contributed by atoms with Crippen molar-refractivity contribution in [1.82, 2.24) is 20.6 Å². The van der Waals surface area contributed by atoms with Crippen LogP contribution in [0.3, 0.4) is 0 Å². The minimum absolute atomic E-state index is 0.0736. The first-order valence-corrected chi connectivity index (χ1v) is 9.47. The third kappa shape index (κ3) is 7.09. The molecule has 12 heteroatoms. The van der Waals surface area contributed by atoms with Crippen molar-refractivity contribution in [2.75, 3.05) is 29.9 Å². The number of anilines is 3. The van der Waals surface area contributed by atoms with Crippen molar-refractivity contribution >= 4 is 46.7 Å². The molecule has 2 amide bonds. The molecule has 30 heavy (non-hydrogen) atoms. The molecule has 0 aliphatic heterocycles. The van der Waals surface area contributed by atoms with Gasteiger partial charge in [-0.05, 0) is 37.0 Å². The summed E-state index contributed by atoms with van der Waals surface area (Å²) >= 11 is 5.75. The van der Waals surface area contributed by atoms with Crippen LogP contribution in [-0.2, 0) is 11.2 Å². The van der Waals surface area contributed by atoms with Crippen molar-refractivity contribution < 1.29 is 9.59 Å². The van der Waals surface area contributed by atoms with Crippen molar-refractivity contribution in [3.05, 3.63) is 40.7 Å². The maximum atomic E-state index is 12.1. The molecule has 0 saturated carbocycles. The molecule has 0 spiro atoms. The van der Waals surface area contributed by atoms with Crippen LogP contribution < -0.4 is 33.2 Å². The van der Waals surface area contributed by atoms with Crippen molar-refractivity contribution in [3.8, 4) is 0 Å². The molecule has 0 unspecified atom stereocenters. The highest BCUT2D eigenvalue weighted by Crippen LogP contribution is 2.17. The Balaban J connectivity index is 1.68. The molecule has 1 heterocycles. The first-order valence-electron chi connectivity index (χ1n) is 9.09. The predicted octanol–water partition coefficient (Wildman–Crippen LogP) is 0.469. The van der Waals surface area contributed by atoms with Gasteiger partial charge >= 0.3 is 0 Å². The molecule has 0 fully saturated rings. The number of halogens is 1. The lowest BCUT2D eigenvalue weighted by Crippen LogP contribution is -2.41. The smallest absolute Gasteiger partial charge is 0.280 e. The number of amides is 2. The largest absolute Gasteiger partial charge is 0.382 e. The zero-order valence-corrected chi connectivity index (χ0v) is 16.9. The van der Waals surface area contributed by atoms with Gasteiger partial charge in [0.05, 0.1) is 6.54 Å². The van der Waals surface area contributed by atoms with Crippen molar-refractivity contribution in [2.24, 2.45) is 5.73 Å². The monoisotopic (exact) mass is 433 g/mol. The number of guanidine groups is 1. The fraction of sp³-hybridized carbons (Fsp3) is 0.278. The standard InChI is InChI=1S/C18H24ClN9O2/c19-14-16(22)27-15(21)13(26-14)17(30)28-18(23)24-8-2-1-3-10-4-6-11(7-5-10)25-9-12(20)29/h4-7,25H,1-3,8-9H2,(H2,20,29)(H4,21,22,27)(H3,23,24,28,30). The minimum atomic E-state index is -0.704. The third-order valence-electron chi connectivity index (χ3n) is 3.97. The Hall–Kier alpha value is -3.60. The van der Waals surface area contributed by atoms with Crippen molar-refractivity contribution in [2.45, 2.75) is 19.3 Å². The summed E-state index contributed by atoms with van der Waals surface area (Å²) in [4.78, 5) is 30.4. The van der Waals surface area contributed by atoms with Crippen LogP contribution in [0.1, 0.15) is 28.9 Å². The number of carbonyl (C=O) groups is 2. The molecule has 0 atom stereocenters. The maximum absolute atomic E-state index is 12.1. The molecular formula is C18H24ClN9O2. The van der Waals surface area contributed by atoms with Gasteiger partial charge in [-0.15, -0.1) is 0 Å². The molecule has 10 N–H and O–H groups in total. The lowest BCUT2D eigenvalue weighted by Gasteiger charge is -2.10. The number of rotatable bonds is 9. The van der Waals surface area contributed by atoms with E-state index < -0.39 is 11.8 Å². The summed E-state index contributed by atoms with van der Waals surface area (Å²) in [6, 6.07) is 7.73. The van der Waals surface area contributed by atoms with Gasteiger partial charge in [0.2, 0.25) is 5.91 Å². The van der Waals surface area contributed by atoms with E-state index in [0.29, 0.717) is 6.54 Å². The highest BCUT2D eigenvalue weighted by molar-refractivity contribution is 6.31. The lowest BCUT2D eigenvalue weighted by atomic mass is 10.1. The zero-order chi connectivity index (χ0) is 22.1. The molecule has 2 rings (SSSR count). The summed E-state index contributed by atoms with van der Waals surface area (Å²) in [7, 11) is 0. The molecule has 1 aromatic carbocycles. The zero-order valence-electron chi connectivity index (χ0n) is 16.2. The number of nitrogen functional groups attached to an aromatic ring is 2. The van der Waals surface area contributed by atoms with Gasteiger partial charge in [-0.25, -0.2) is 9.97 Å². The SMILES string of the molecule is N=C(NCCCCc1ccc(NCC(N)=O)cc1)NC(=O)c1nc(Cl)c(N)nc1N. The van der Waals surface area contributed by atoms with Gasteiger partial charge in [0.15, 0.2) is 28.4 Å². The summed E-state index contributed by atoms with van der Waals surface area (Å²) in [6.07, 6.45) is 2.53. The Kier molecular flexibility index (Phi) is 8.18. The van der Waals surface area contributed by atoms with Gasteiger partial charge in [-0.3, -0.25) is 20.3 Å². The van der Waals surface area contributed by atoms with Crippen molar-refractivity contribution in [1.29, 1.82) is 5.41 Å². The van der Waals surface area contributed by atoms with E-state index in [4.69, 9.17) is 34.2 Å². The van der Waals surface area contributed by atoms with E-state index in [1.165, 1.54) is 0 Å². The molecule has 160 valence electrons. The Bertz CT molecular complexity index is 919. The molecular weight excluding hydrogens is 410 g/mol. The third-order valence-corrected chi connectivity index (χ3v) is 4.25. The minimum Gasteiger partial charge on any atom is -0.382 e. The average Bonchev–Trinajstić information content (AvgIpc) is 2.69. The van der Waals surface area contributed by atoms with E-state index >= 15 is 0 Å². The summed E-state index contributed by atoms with van der Waals surface area (Å²) in [5.41, 5.74) is 18.0. The van der Waals surface area contributed by atoms with Crippen molar-refractivity contribution in [3.63, 3.8) is 0 Å². The van der Waals surface area contributed by atoms with Gasteiger partial charge < -0.3 is 27.8 Å². The van der Waals surface area contributed by atoms with Gasteiger partial charge in [-0.2, -0.15) is 0 Å².